The van der Waals surface area contributed by atoms with Crippen molar-refractivity contribution in [1.29, 1.82) is 0 Å². The van der Waals surface area contributed by atoms with Gasteiger partial charge in [0.05, 0.1) is 6.10 Å². The van der Waals surface area contributed by atoms with E-state index in [1.807, 2.05) is 0 Å². The molecule has 0 unspecified atom stereocenters. The lowest BCUT2D eigenvalue weighted by Gasteiger charge is -2.32. The molecule has 3 rings (SSSR count). The minimum atomic E-state index is 0.0359. The molecule has 19 heavy (non-hydrogen) atoms. The molecule has 0 bridgehead atoms. The molecule has 0 spiro atoms. The third kappa shape index (κ3) is 5.85. The molecule has 0 aromatic rings. The summed E-state index contributed by atoms with van der Waals surface area (Å²) in [6, 6.07) is 0. The molecular weight excluding hydrogens is 232 g/mol. The molecule has 3 fully saturated rings. The lowest BCUT2D eigenvalue weighted by molar-refractivity contribution is 0.130. The molecule has 0 saturated heterocycles. The fourth-order valence-corrected chi connectivity index (χ4v) is 4.29. The highest BCUT2D eigenvalue weighted by Gasteiger charge is 2.24. The number of hydrogen-bond acceptors (Lipinski definition) is 1. The molecule has 0 heterocycles. The molecule has 0 aliphatic heterocycles. The first kappa shape index (κ1) is 15.4. The summed E-state index contributed by atoms with van der Waals surface area (Å²) in [5, 5.41) is 8.91. The second-order valence-corrected chi connectivity index (χ2v) is 7.09. The quantitative estimate of drug-likeness (QED) is 0.668. The van der Waals surface area contributed by atoms with Crippen LogP contribution in [0.4, 0.5) is 0 Å². The normalized spacial score (nSPS) is 27.6. The van der Waals surface area contributed by atoms with Crippen LogP contribution in [-0.4, -0.2) is 11.2 Å². The molecule has 0 aromatic heterocycles. The topological polar surface area (TPSA) is 20.2 Å². The summed E-state index contributed by atoms with van der Waals surface area (Å²) in [6.07, 6.45) is 21.3. The Kier molecular flexibility index (Phi) is 7.27. The smallest absolute Gasteiger partial charge is 0.0540 e. The summed E-state index contributed by atoms with van der Waals surface area (Å²) in [5.74, 6) is 2.28. The van der Waals surface area contributed by atoms with Gasteiger partial charge in [-0.3, -0.25) is 0 Å². The van der Waals surface area contributed by atoms with Crippen LogP contribution in [-0.2, 0) is 0 Å². The van der Waals surface area contributed by atoms with E-state index < -0.39 is 0 Å². The zero-order valence-electron chi connectivity index (χ0n) is 12.8. The number of aliphatic hydroxyl groups is 1. The van der Waals surface area contributed by atoms with E-state index in [1.165, 1.54) is 57.8 Å². The summed E-state index contributed by atoms with van der Waals surface area (Å²) in [7, 11) is 0. The van der Waals surface area contributed by atoms with Crippen LogP contribution in [0, 0.1) is 11.8 Å². The van der Waals surface area contributed by atoms with Gasteiger partial charge in [0.1, 0.15) is 0 Å². The van der Waals surface area contributed by atoms with Crippen molar-refractivity contribution in [3.05, 3.63) is 0 Å². The van der Waals surface area contributed by atoms with Gasteiger partial charge in [-0.05, 0) is 24.7 Å². The van der Waals surface area contributed by atoms with Gasteiger partial charge in [0.25, 0.3) is 0 Å². The molecule has 0 radical (unpaired) electrons. The van der Waals surface area contributed by atoms with E-state index in [1.54, 1.807) is 25.7 Å². The monoisotopic (exact) mass is 266 g/mol. The Morgan fingerprint density at radius 1 is 0.421 bits per heavy atom. The maximum atomic E-state index is 8.91. The molecule has 3 aliphatic rings. The molecule has 112 valence electrons. The highest BCUT2D eigenvalue weighted by Crippen LogP contribution is 2.37. The maximum absolute atomic E-state index is 8.91. The van der Waals surface area contributed by atoms with E-state index in [9.17, 15) is 0 Å². The minimum Gasteiger partial charge on any atom is -0.393 e. The van der Waals surface area contributed by atoms with Crippen molar-refractivity contribution in [2.24, 2.45) is 11.8 Å². The second kappa shape index (κ2) is 9.00. The van der Waals surface area contributed by atoms with Crippen molar-refractivity contribution in [1.82, 2.24) is 0 Å². The summed E-state index contributed by atoms with van der Waals surface area (Å²) in [4.78, 5) is 0. The first-order valence-corrected chi connectivity index (χ1v) is 9.04. The average Bonchev–Trinajstić information content (AvgIpc) is 2.51. The van der Waals surface area contributed by atoms with Crippen molar-refractivity contribution in [3.63, 3.8) is 0 Å². The van der Waals surface area contributed by atoms with Crippen LogP contribution < -0.4 is 0 Å². The van der Waals surface area contributed by atoms with Gasteiger partial charge in [0.2, 0.25) is 0 Å². The molecule has 1 N–H and O–H groups in total. The van der Waals surface area contributed by atoms with E-state index in [4.69, 9.17) is 5.11 Å². The largest absolute Gasteiger partial charge is 0.393 e. The Morgan fingerprint density at radius 3 is 1.00 bits per heavy atom. The molecule has 1 nitrogen and oxygen atoms in total. The zero-order valence-corrected chi connectivity index (χ0v) is 12.8. The number of aliphatic hydroxyl groups excluding tert-OH is 1. The predicted octanol–water partition coefficient (Wildman–Crippen LogP) is 5.46. The third-order valence-corrected chi connectivity index (χ3v) is 5.54. The standard InChI is InChI=1S/C12H22.C6H12O/c1-3-7-11(8-4-1)12-9-5-2-6-10-12;7-6-4-2-1-3-5-6/h11-12H,1-10H2;6-7H,1-5H2. The van der Waals surface area contributed by atoms with Crippen molar-refractivity contribution in [2.45, 2.75) is 102 Å². The van der Waals surface area contributed by atoms with Crippen LogP contribution in [0.5, 0.6) is 0 Å². The molecule has 0 amide bonds. The first-order chi connectivity index (χ1) is 9.36. The van der Waals surface area contributed by atoms with Gasteiger partial charge in [-0.2, -0.15) is 0 Å². The fraction of sp³-hybridized carbons (Fsp3) is 1.00. The van der Waals surface area contributed by atoms with Gasteiger partial charge in [0.15, 0.2) is 0 Å². The SMILES string of the molecule is C1CCC(C2CCCCC2)CC1.OC1CCCCC1. The summed E-state index contributed by atoms with van der Waals surface area (Å²) >= 11 is 0. The van der Waals surface area contributed by atoms with E-state index in [2.05, 4.69) is 0 Å². The van der Waals surface area contributed by atoms with Gasteiger partial charge < -0.3 is 5.11 Å². The van der Waals surface area contributed by atoms with Gasteiger partial charge in [-0.1, -0.05) is 83.5 Å². The Balaban J connectivity index is 0.000000163. The van der Waals surface area contributed by atoms with E-state index in [-0.39, 0.29) is 6.10 Å². The first-order valence-electron chi connectivity index (χ1n) is 9.04. The van der Waals surface area contributed by atoms with Crippen LogP contribution >= 0.6 is 0 Å². The molecule has 3 aliphatic carbocycles. The maximum Gasteiger partial charge on any atom is 0.0540 e. The van der Waals surface area contributed by atoms with Gasteiger partial charge in [0, 0.05) is 0 Å². The Morgan fingerprint density at radius 2 is 0.737 bits per heavy atom. The molecule has 1 heteroatoms. The molecule has 3 saturated carbocycles. The summed E-state index contributed by atoms with van der Waals surface area (Å²) in [6.45, 7) is 0. The van der Waals surface area contributed by atoms with Crippen LogP contribution in [0.2, 0.25) is 0 Å². The van der Waals surface area contributed by atoms with Crippen molar-refractivity contribution < 1.29 is 5.11 Å². The van der Waals surface area contributed by atoms with E-state index >= 15 is 0 Å². The Labute approximate surface area is 120 Å². The zero-order chi connectivity index (χ0) is 13.3. The minimum absolute atomic E-state index is 0.0359. The lowest BCUT2D eigenvalue weighted by Crippen LogP contribution is -2.20. The van der Waals surface area contributed by atoms with E-state index in [0.717, 1.165) is 24.7 Å². The van der Waals surface area contributed by atoms with Crippen molar-refractivity contribution >= 4 is 0 Å². The van der Waals surface area contributed by atoms with Crippen molar-refractivity contribution in [3.8, 4) is 0 Å². The van der Waals surface area contributed by atoms with Crippen LogP contribution in [0.25, 0.3) is 0 Å². The van der Waals surface area contributed by atoms with Crippen molar-refractivity contribution in [2.75, 3.05) is 0 Å². The highest BCUT2D eigenvalue weighted by atomic mass is 16.3. The molecule has 0 aromatic carbocycles. The van der Waals surface area contributed by atoms with Crippen LogP contribution in [0.1, 0.15) is 96.3 Å². The van der Waals surface area contributed by atoms with Gasteiger partial charge in [-0.25, -0.2) is 0 Å². The second-order valence-electron chi connectivity index (χ2n) is 7.09. The van der Waals surface area contributed by atoms with E-state index in [0.29, 0.717) is 0 Å². The predicted molar refractivity (Wildman–Crippen MR) is 82.2 cm³/mol. The fourth-order valence-electron chi connectivity index (χ4n) is 4.29. The Bertz CT molecular complexity index is 192. The summed E-state index contributed by atoms with van der Waals surface area (Å²) in [5.41, 5.74) is 0. The Hall–Kier alpha value is -0.0400. The summed E-state index contributed by atoms with van der Waals surface area (Å²) < 4.78 is 0. The number of hydrogen-bond donors (Lipinski definition) is 1. The average molecular weight is 266 g/mol. The lowest BCUT2D eigenvalue weighted by atomic mass is 9.73. The highest BCUT2D eigenvalue weighted by molar-refractivity contribution is 4.76. The van der Waals surface area contributed by atoms with Crippen LogP contribution in [0.3, 0.4) is 0 Å². The molecule has 0 atom stereocenters. The van der Waals surface area contributed by atoms with Crippen LogP contribution in [0.15, 0.2) is 0 Å². The third-order valence-electron chi connectivity index (χ3n) is 5.54. The van der Waals surface area contributed by atoms with Gasteiger partial charge >= 0.3 is 0 Å². The van der Waals surface area contributed by atoms with Gasteiger partial charge in [-0.15, -0.1) is 0 Å². The number of rotatable bonds is 1. The molecular formula is C18H34O.